The normalized spacial score (nSPS) is 16.9. The van der Waals surface area contributed by atoms with E-state index in [1.165, 1.54) is 38.4 Å². The fourth-order valence-corrected chi connectivity index (χ4v) is 2.85. The molecular formula is C17H27N3O. The lowest BCUT2D eigenvalue weighted by Crippen LogP contribution is -2.36. The van der Waals surface area contributed by atoms with Crippen LogP contribution in [0.1, 0.15) is 32.3 Å². The van der Waals surface area contributed by atoms with Crippen molar-refractivity contribution in [3.63, 3.8) is 0 Å². The summed E-state index contributed by atoms with van der Waals surface area (Å²) in [7, 11) is 0. The molecule has 0 saturated carbocycles. The SMILES string of the molecule is CCNCC1CCN(Cc2ccc(NC(C)=O)cc2)CC1. The molecule has 4 nitrogen and oxygen atoms in total. The van der Waals surface area contributed by atoms with Gasteiger partial charge >= 0.3 is 0 Å². The van der Waals surface area contributed by atoms with E-state index in [4.69, 9.17) is 0 Å². The van der Waals surface area contributed by atoms with Gasteiger partial charge in [-0.25, -0.2) is 0 Å². The van der Waals surface area contributed by atoms with E-state index in [2.05, 4.69) is 34.6 Å². The van der Waals surface area contributed by atoms with Crippen LogP contribution in [0.2, 0.25) is 0 Å². The first-order valence-corrected chi connectivity index (χ1v) is 7.97. The maximum atomic E-state index is 11.0. The summed E-state index contributed by atoms with van der Waals surface area (Å²) in [6, 6.07) is 8.18. The number of rotatable bonds is 6. The Hall–Kier alpha value is -1.39. The predicted molar refractivity (Wildman–Crippen MR) is 87.3 cm³/mol. The molecule has 1 saturated heterocycles. The van der Waals surface area contributed by atoms with Gasteiger partial charge in [0, 0.05) is 19.2 Å². The van der Waals surface area contributed by atoms with Gasteiger partial charge < -0.3 is 10.6 Å². The Morgan fingerprint density at radius 2 is 1.90 bits per heavy atom. The highest BCUT2D eigenvalue weighted by molar-refractivity contribution is 5.88. The van der Waals surface area contributed by atoms with Gasteiger partial charge in [0.1, 0.15) is 0 Å². The minimum absolute atomic E-state index is 0.0227. The second-order valence-electron chi connectivity index (χ2n) is 5.91. The van der Waals surface area contributed by atoms with Crippen molar-refractivity contribution in [2.45, 2.75) is 33.2 Å². The fraction of sp³-hybridized carbons (Fsp3) is 0.588. The van der Waals surface area contributed by atoms with Crippen LogP contribution in [0.15, 0.2) is 24.3 Å². The van der Waals surface area contributed by atoms with Crippen LogP contribution in [0, 0.1) is 5.92 Å². The van der Waals surface area contributed by atoms with Crippen LogP contribution in [-0.2, 0) is 11.3 Å². The van der Waals surface area contributed by atoms with Gasteiger partial charge in [0.05, 0.1) is 0 Å². The molecule has 1 fully saturated rings. The molecular weight excluding hydrogens is 262 g/mol. The van der Waals surface area contributed by atoms with Gasteiger partial charge in [-0.1, -0.05) is 19.1 Å². The molecule has 1 amide bonds. The number of nitrogens with zero attached hydrogens (tertiary/aromatic N) is 1. The van der Waals surface area contributed by atoms with E-state index in [1.54, 1.807) is 0 Å². The summed E-state index contributed by atoms with van der Waals surface area (Å²) >= 11 is 0. The number of carbonyl (C=O) groups excluding carboxylic acids is 1. The minimum atomic E-state index is -0.0227. The van der Waals surface area contributed by atoms with Crippen LogP contribution >= 0.6 is 0 Å². The summed E-state index contributed by atoms with van der Waals surface area (Å²) in [6.45, 7) is 9.31. The van der Waals surface area contributed by atoms with Crippen molar-refractivity contribution >= 4 is 11.6 Å². The summed E-state index contributed by atoms with van der Waals surface area (Å²) in [5, 5.41) is 6.25. The van der Waals surface area contributed by atoms with Crippen molar-refractivity contribution in [1.82, 2.24) is 10.2 Å². The number of nitrogens with one attached hydrogen (secondary N) is 2. The summed E-state index contributed by atoms with van der Waals surface area (Å²) in [6.07, 6.45) is 2.58. The molecule has 0 aliphatic carbocycles. The molecule has 0 spiro atoms. The molecule has 2 rings (SSSR count). The summed E-state index contributed by atoms with van der Waals surface area (Å²) < 4.78 is 0. The summed E-state index contributed by atoms with van der Waals surface area (Å²) in [4.78, 5) is 13.5. The molecule has 1 aliphatic rings. The van der Waals surface area contributed by atoms with Crippen molar-refractivity contribution in [3.8, 4) is 0 Å². The molecule has 0 radical (unpaired) electrons. The van der Waals surface area contributed by atoms with Gasteiger partial charge in [-0.2, -0.15) is 0 Å². The lowest BCUT2D eigenvalue weighted by atomic mass is 9.96. The number of hydrogen-bond acceptors (Lipinski definition) is 3. The Kier molecular flexibility index (Phi) is 6.21. The first-order chi connectivity index (χ1) is 10.2. The Bertz CT molecular complexity index is 436. The monoisotopic (exact) mass is 289 g/mol. The number of anilines is 1. The Morgan fingerprint density at radius 3 is 2.48 bits per heavy atom. The van der Waals surface area contributed by atoms with Crippen LogP contribution in [-0.4, -0.2) is 37.0 Å². The van der Waals surface area contributed by atoms with Gasteiger partial charge in [0.25, 0.3) is 0 Å². The van der Waals surface area contributed by atoms with E-state index in [9.17, 15) is 4.79 Å². The first-order valence-electron chi connectivity index (χ1n) is 7.97. The Morgan fingerprint density at radius 1 is 1.24 bits per heavy atom. The maximum Gasteiger partial charge on any atom is 0.221 e. The third-order valence-electron chi connectivity index (χ3n) is 4.07. The first kappa shape index (κ1) is 16.0. The quantitative estimate of drug-likeness (QED) is 0.845. The molecule has 2 N–H and O–H groups in total. The van der Waals surface area contributed by atoms with Crippen LogP contribution in [0.4, 0.5) is 5.69 Å². The number of hydrogen-bond donors (Lipinski definition) is 2. The molecule has 0 atom stereocenters. The molecule has 1 aromatic rings. The lowest BCUT2D eigenvalue weighted by Gasteiger charge is -2.32. The Balaban J connectivity index is 1.76. The molecule has 116 valence electrons. The van der Waals surface area contributed by atoms with E-state index >= 15 is 0 Å². The van der Waals surface area contributed by atoms with E-state index < -0.39 is 0 Å². The summed E-state index contributed by atoms with van der Waals surface area (Å²) in [5.41, 5.74) is 2.19. The second kappa shape index (κ2) is 8.15. The highest BCUT2D eigenvalue weighted by Gasteiger charge is 2.18. The van der Waals surface area contributed by atoms with E-state index in [1.807, 2.05) is 12.1 Å². The molecule has 0 unspecified atom stereocenters. The highest BCUT2D eigenvalue weighted by Crippen LogP contribution is 2.19. The zero-order chi connectivity index (χ0) is 15.1. The zero-order valence-corrected chi connectivity index (χ0v) is 13.2. The third-order valence-corrected chi connectivity index (χ3v) is 4.07. The van der Waals surface area contributed by atoms with Crippen molar-refractivity contribution in [1.29, 1.82) is 0 Å². The minimum Gasteiger partial charge on any atom is -0.326 e. The number of carbonyl (C=O) groups is 1. The molecule has 0 bridgehead atoms. The van der Waals surface area contributed by atoms with Crippen LogP contribution in [0.25, 0.3) is 0 Å². The van der Waals surface area contributed by atoms with Gasteiger partial charge in [0.2, 0.25) is 5.91 Å². The van der Waals surface area contributed by atoms with E-state index in [0.29, 0.717) is 0 Å². The summed E-state index contributed by atoms with van der Waals surface area (Å²) in [5.74, 6) is 0.814. The van der Waals surface area contributed by atoms with E-state index in [-0.39, 0.29) is 5.91 Å². The number of piperidine rings is 1. The molecule has 1 heterocycles. The van der Waals surface area contributed by atoms with Crippen LogP contribution in [0.5, 0.6) is 0 Å². The molecule has 21 heavy (non-hydrogen) atoms. The van der Waals surface area contributed by atoms with Crippen molar-refractivity contribution in [2.24, 2.45) is 5.92 Å². The second-order valence-corrected chi connectivity index (χ2v) is 5.91. The molecule has 1 aliphatic heterocycles. The third kappa shape index (κ3) is 5.48. The molecule has 4 heteroatoms. The zero-order valence-electron chi connectivity index (χ0n) is 13.2. The Labute approximate surface area is 127 Å². The fourth-order valence-electron chi connectivity index (χ4n) is 2.85. The van der Waals surface area contributed by atoms with Gasteiger partial charge in [-0.15, -0.1) is 0 Å². The van der Waals surface area contributed by atoms with Gasteiger partial charge in [-0.05, 0) is 62.6 Å². The standard InChI is InChI=1S/C17H27N3O/c1-3-18-12-15-8-10-20(11-9-15)13-16-4-6-17(7-5-16)19-14(2)21/h4-7,15,18H,3,8-13H2,1-2H3,(H,19,21). The number of likely N-dealkylation sites (tertiary alicyclic amines) is 1. The van der Waals surface area contributed by atoms with Crippen LogP contribution in [0.3, 0.4) is 0 Å². The highest BCUT2D eigenvalue weighted by atomic mass is 16.1. The van der Waals surface area contributed by atoms with Crippen LogP contribution < -0.4 is 10.6 Å². The smallest absolute Gasteiger partial charge is 0.221 e. The average molecular weight is 289 g/mol. The molecule has 0 aromatic heterocycles. The van der Waals surface area contributed by atoms with Crippen molar-refractivity contribution < 1.29 is 4.79 Å². The van der Waals surface area contributed by atoms with Gasteiger partial charge in [-0.3, -0.25) is 9.69 Å². The van der Waals surface area contributed by atoms with Crippen molar-refractivity contribution in [3.05, 3.63) is 29.8 Å². The predicted octanol–water partition coefficient (Wildman–Crippen LogP) is 2.47. The maximum absolute atomic E-state index is 11.0. The van der Waals surface area contributed by atoms with Crippen molar-refractivity contribution in [2.75, 3.05) is 31.5 Å². The molecule has 1 aromatic carbocycles. The number of benzene rings is 1. The topological polar surface area (TPSA) is 44.4 Å². The van der Waals surface area contributed by atoms with Gasteiger partial charge in [0.15, 0.2) is 0 Å². The largest absolute Gasteiger partial charge is 0.326 e. The number of amides is 1. The lowest BCUT2D eigenvalue weighted by molar-refractivity contribution is -0.114. The average Bonchev–Trinajstić information content (AvgIpc) is 2.48. The van der Waals surface area contributed by atoms with E-state index in [0.717, 1.165) is 31.2 Å².